The Morgan fingerprint density at radius 2 is 2.00 bits per heavy atom. The lowest BCUT2D eigenvalue weighted by Gasteiger charge is -2.05. The van der Waals surface area contributed by atoms with E-state index >= 15 is 0 Å². The van der Waals surface area contributed by atoms with Crippen molar-refractivity contribution in [3.63, 3.8) is 0 Å². The minimum absolute atomic E-state index is 0.112. The smallest absolute Gasteiger partial charge is 0.343 e. The largest absolute Gasteiger partial charge is 0.452 e. The summed E-state index contributed by atoms with van der Waals surface area (Å²) in [4.78, 5) is 24.1. The molecule has 0 aliphatic heterocycles. The van der Waals surface area contributed by atoms with E-state index in [2.05, 4.69) is 15.6 Å². The highest BCUT2D eigenvalue weighted by molar-refractivity contribution is 6.33. The SMILES string of the molecule is Cc1cc(NC(=O)COC(=O)c2c(C)nn(-c3ccccc3)c2Cl)no1. The van der Waals surface area contributed by atoms with Crippen LogP contribution in [0.2, 0.25) is 5.15 Å². The third-order valence-electron chi connectivity index (χ3n) is 3.44. The maximum atomic E-state index is 12.3. The predicted molar refractivity (Wildman–Crippen MR) is 93.5 cm³/mol. The molecule has 0 radical (unpaired) electrons. The number of halogens is 1. The number of nitrogens with one attached hydrogen (secondary N) is 1. The second kappa shape index (κ2) is 7.40. The van der Waals surface area contributed by atoms with Gasteiger partial charge in [-0.2, -0.15) is 5.10 Å². The number of ether oxygens (including phenoxy) is 1. The molecule has 0 spiro atoms. The molecule has 26 heavy (non-hydrogen) atoms. The molecule has 8 nitrogen and oxygen atoms in total. The van der Waals surface area contributed by atoms with Gasteiger partial charge in [-0.05, 0) is 26.0 Å². The van der Waals surface area contributed by atoms with Crippen molar-refractivity contribution >= 4 is 29.3 Å². The molecule has 0 saturated carbocycles. The van der Waals surface area contributed by atoms with Gasteiger partial charge < -0.3 is 14.6 Å². The molecule has 0 aliphatic rings. The summed E-state index contributed by atoms with van der Waals surface area (Å²) in [5.74, 6) is -0.486. The molecule has 1 N–H and O–H groups in total. The Labute approximate surface area is 153 Å². The van der Waals surface area contributed by atoms with Gasteiger partial charge in [0.1, 0.15) is 16.5 Å². The summed E-state index contributed by atoms with van der Waals surface area (Å²) in [7, 11) is 0. The molecular formula is C17H15ClN4O4. The lowest BCUT2D eigenvalue weighted by Crippen LogP contribution is -2.21. The molecule has 0 unspecified atom stereocenters. The topological polar surface area (TPSA) is 99.2 Å². The maximum absolute atomic E-state index is 12.3. The van der Waals surface area contributed by atoms with Crippen LogP contribution in [-0.2, 0) is 9.53 Å². The molecule has 0 atom stereocenters. The third kappa shape index (κ3) is 3.75. The number of nitrogens with zero attached hydrogens (tertiary/aromatic N) is 3. The van der Waals surface area contributed by atoms with E-state index in [-0.39, 0.29) is 16.5 Å². The van der Waals surface area contributed by atoms with Crippen LogP contribution in [0.15, 0.2) is 40.9 Å². The number of hydrogen-bond acceptors (Lipinski definition) is 6. The molecule has 0 saturated heterocycles. The molecule has 1 amide bonds. The number of aromatic nitrogens is 3. The average molecular weight is 375 g/mol. The van der Waals surface area contributed by atoms with Crippen molar-refractivity contribution in [1.29, 1.82) is 0 Å². The van der Waals surface area contributed by atoms with Crippen LogP contribution < -0.4 is 5.32 Å². The van der Waals surface area contributed by atoms with Crippen LogP contribution in [0.3, 0.4) is 0 Å². The Bertz CT molecular complexity index is 949. The number of carbonyl (C=O) groups is 2. The molecule has 9 heteroatoms. The van der Waals surface area contributed by atoms with E-state index in [1.54, 1.807) is 32.0 Å². The van der Waals surface area contributed by atoms with E-state index in [9.17, 15) is 9.59 Å². The number of benzene rings is 1. The summed E-state index contributed by atoms with van der Waals surface area (Å²) >= 11 is 6.28. The third-order valence-corrected chi connectivity index (χ3v) is 3.79. The first-order chi connectivity index (χ1) is 12.5. The molecule has 134 valence electrons. The molecule has 2 aromatic heterocycles. The van der Waals surface area contributed by atoms with Crippen LogP contribution in [0.4, 0.5) is 5.82 Å². The summed E-state index contributed by atoms with van der Waals surface area (Å²) in [6, 6.07) is 10.7. The quantitative estimate of drug-likeness (QED) is 0.689. The van der Waals surface area contributed by atoms with Crippen LogP contribution in [0.25, 0.3) is 5.69 Å². The van der Waals surface area contributed by atoms with Gasteiger partial charge in [-0.25, -0.2) is 9.48 Å². The van der Waals surface area contributed by atoms with Crippen molar-refractivity contribution < 1.29 is 18.8 Å². The van der Waals surface area contributed by atoms with E-state index < -0.39 is 18.5 Å². The van der Waals surface area contributed by atoms with E-state index in [4.69, 9.17) is 20.9 Å². The van der Waals surface area contributed by atoms with E-state index in [1.807, 2.05) is 18.2 Å². The second-order valence-electron chi connectivity index (χ2n) is 5.45. The minimum atomic E-state index is -0.735. The van der Waals surface area contributed by atoms with Gasteiger partial charge in [0.15, 0.2) is 12.4 Å². The van der Waals surface area contributed by atoms with Crippen molar-refractivity contribution in [2.75, 3.05) is 11.9 Å². The first-order valence-electron chi connectivity index (χ1n) is 7.66. The van der Waals surface area contributed by atoms with Crippen LogP contribution in [-0.4, -0.2) is 33.4 Å². The van der Waals surface area contributed by atoms with Gasteiger partial charge in [-0.3, -0.25) is 4.79 Å². The molecule has 0 bridgehead atoms. The molecular weight excluding hydrogens is 360 g/mol. The number of amides is 1. The lowest BCUT2D eigenvalue weighted by molar-refractivity contribution is -0.119. The lowest BCUT2D eigenvalue weighted by atomic mass is 10.2. The number of hydrogen-bond donors (Lipinski definition) is 1. The summed E-state index contributed by atoms with van der Waals surface area (Å²) in [5.41, 5.74) is 1.22. The molecule has 3 aromatic rings. The van der Waals surface area contributed by atoms with Crippen LogP contribution in [0, 0.1) is 13.8 Å². The highest BCUT2D eigenvalue weighted by Gasteiger charge is 2.23. The van der Waals surface area contributed by atoms with Crippen molar-refractivity contribution in [2.45, 2.75) is 13.8 Å². The maximum Gasteiger partial charge on any atom is 0.343 e. The Hall–Kier alpha value is -3.13. The molecule has 0 aliphatic carbocycles. The Balaban J connectivity index is 1.68. The Morgan fingerprint density at radius 1 is 1.27 bits per heavy atom. The summed E-state index contributed by atoms with van der Waals surface area (Å²) in [5, 5.41) is 10.5. The van der Waals surface area contributed by atoms with Crippen molar-refractivity contribution in [2.24, 2.45) is 0 Å². The normalized spacial score (nSPS) is 10.6. The van der Waals surface area contributed by atoms with Crippen LogP contribution in [0.1, 0.15) is 21.8 Å². The van der Waals surface area contributed by atoms with Crippen molar-refractivity contribution in [3.05, 3.63) is 58.6 Å². The van der Waals surface area contributed by atoms with Gasteiger partial charge in [0.2, 0.25) is 0 Å². The zero-order valence-corrected chi connectivity index (χ0v) is 14.8. The Kier molecular flexibility index (Phi) is 5.04. The van der Waals surface area contributed by atoms with Gasteiger partial charge in [-0.1, -0.05) is 35.0 Å². The zero-order chi connectivity index (χ0) is 18.7. The number of anilines is 1. The summed E-state index contributed by atoms with van der Waals surface area (Å²) in [6.07, 6.45) is 0. The monoisotopic (exact) mass is 374 g/mol. The van der Waals surface area contributed by atoms with E-state index in [0.717, 1.165) is 0 Å². The van der Waals surface area contributed by atoms with Gasteiger partial charge in [0, 0.05) is 6.07 Å². The summed E-state index contributed by atoms with van der Waals surface area (Å²) < 4.78 is 11.3. The predicted octanol–water partition coefficient (Wildman–Crippen LogP) is 2.93. The van der Waals surface area contributed by atoms with Crippen LogP contribution >= 0.6 is 11.6 Å². The van der Waals surface area contributed by atoms with Crippen molar-refractivity contribution in [1.82, 2.24) is 14.9 Å². The number of esters is 1. The number of carbonyl (C=O) groups excluding carboxylic acids is 2. The standard InChI is InChI=1S/C17H15ClN4O4/c1-10-8-13(21-26-10)19-14(23)9-25-17(24)15-11(2)20-22(16(15)18)12-6-4-3-5-7-12/h3-8H,9H2,1-2H3,(H,19,21,23). The number of rotatable bonds is 5. The highest BCUT2D eigenvalue weighted by Crippen LogP contribution is 2.24. The second-order valence-corrected chi connectivity index (χ2v) is 5.80. The molecule has 2 heterocycles. The minimum Gasteiger partial charge on any atom is -0.452 e. The van der Waals surface area contributed by atoms with E-state index in [1.165, 1.54) is 4.68 Å². The number of para-hydroxylation sites is 1. The van der Waals surface area contributed by atoms with Crippen LogP contribution in [0.5, 0.6) is 0 Å². The van der Waals surface area contributed by atoms with Gasteiger partial charge in [0.25, 0.3) is 5.91 Å². The zero-order valence-electron chi connectivity index (χ0n) is 14.0. The fraction of sp³-hybridized carbons (Fsp3) is 0.176. The Morgan fingerprint density at radius 3 is 2.65 bits per heavy atom. The van der Waals surface area contributed by atoms with Crippen molar-refractivity contribution in [3.8, 4) is 5.69 Å². The van der Waals surface area contributed by atoms with Gasteiger partial charge >= 0.3 is 5.97 Å². The van der Waals surface area contributed by atoms with E-state index in [0.29, 0.717) is 17.1 Å². The number of aryl methyl sites for hydroxylation is 2. The van der Waals surface area contributed by atoms with Gasteiger partial charge in [0.05, 0.1) is 11.4 Å². The first kappa shape index (κ1) is 17.7. The molecule has 3 rings (SSSR count). The first-order valence-corrected chi connectivity index (χ1v) is 8.04. The highest BCUT2D eigenvalue weighted by atomic mass is 35.5. The van der Waals surface area contributed by atoms with Gasteiger partial charge in [-0.15, -0.1) is 0 Å². The fourth-order valence-electron chi connectivity index (χ4n) is 2.28. The molecule has 1 aromatic carbocycles. The fourth-order valence-corrected chi connectivity index (χ4v) is 2.63. The molecule has 0 fully saturated rings. The summed E-state index contributed by atoms with van der Waals surface area (Å²) in [6.45, 7) is 2.84. The average Bonchev–Trinajstić information content (AvgIpc) is 3.16.